The Morgan fingerprint density at radius 2 is 1.92 bits per heavy atom. The molecule has 1 saturated heterocycles. The maximum atomic E-state index is 12.8. The number of benzene rings is 1. The molecule has 0 aromatic heterocycles. The summed E-state index contributed by atoms with van der Waals surface area (Å²) in [5.41, 5.74) is 2.77. The van der Waals surface area contributed by atoms with Crippen LogP contribution in [0.3, 0.4) is 0 Å². The second kappa shape index (κ2) is 8.67. The standard InChI is InChI=1S/C21H30N2O3/c1-2-22(15-21(25)26)18-10-12-23(13-11-18)20(24)14-17-8-5-7-16-6-3-4-9-19(16)17/h3-4,6,9,17-18H,2,5,7-8,10-15H2,1H3,(H,25,26). The average Bonchev–Trinajstić information content (AvgIpc) is 2.66. The highest BCUT2D eigenvalue weighted by Crippen LogP contribution is 2.34. The van der Waals surface area contributed by atoms with Gasteiger partial charge in [0.05, 0.1) is 6.54 Å². The number of aryl methyl sites for hydroxylation is 1. The topological polar surface area (TPSA) is 60.9 Å². The second-order valence-corrected chi connectivity index (χ2v) is 7.56. The van der Waals surface area contributed by atoms with E-state index in [1.807, 2.05) is 16.7 Å². The van der Waals surface area contributed by atoms with Gasteiger partial charge in [-0.25, -0.2) is 0 Å². The summed E-state index contributed by atoms with van der Waals surface area (Å²) in [7, 11) is 0. The molecule has 0 bridgehead atoms. The first-order chi connectivity index (χ1) is 12.6. The average molecular weight is 358 g/mol. The van der Waals surface area contributed by atoms with Crippen molar-refractivity contribution in [3.8, 4) is 0 Å². The Hall–Kier alpha value is -1.88. The number of rotatable bonds is 6. The Morgan fingerprint density at radius 3 is 2.62 bits per heavy atom. The molecule has 5 nitrogen and oxygen atoms in total. The van der Waals surface area contributed by atoms with E-state index in [9.17, 15) is 9.59 Å². The van der Waals surface area contributed by atoms with Crippen molar-refractivity contribution in [2.45, 2.75) is 57.4 Å². The number of carboxylic acid groups (broad SMARTS) is 1. The van der Waals surface area contributed by atoms with Crippen LogP contribution in [0.5, 0.6) is 0 Å². The van der Waals surface area contributed by atoms with Gasteiger partial charge in [-0.15, -0.1) is 0 Å². The van der Waals surface area contributed by atoms with Crippen LogP contribution in [0.2, 0.25) is 0 Å². The zero-order valence-electron chi connectivity index (χ0n) is 15.7. The van der Waals surface area contributed by atoms with Gasteiger partial charge in [-0.05, 0) is 55.7 Å². The molecule has 1 aliphatic heterocycles. The lowest BCUT2D eigenvalue weighted by atomic mass is 9.81. The molecule has 5 heteroatoms. The highest BCUT2D eigenvalue weighted by molar-refractivity contribution is 5.77. The lowest BCUT2D eigenvalue weighted by Gasteiger charge is -2.38. The number of aliphatic carboxylic acids is 1. The molecule has 0 saturated carbocycles. The minimum absolute atomic E-state index is 0.0912. The van der Waals surface area contributed by atoms with Crippen LogP contribution in [-0.4, -0.2) is 59.0 Å². The first-order valence-corrected chi connectivity index (χ1v) is 9.90. The van der Waals surface area contributed by atoms with Crippen LogP contribution >= 0.6 is 0 Å². The third-order valence-electron chi connectivity index (χ3n) is 5.99. The van der Waals surface area contributed by atoms with E-state index in [-0.39, 0.29) is 18.5 Å². The quantitative estimate of drug-likeness (QED) is 0.849. The number of carbonyl (C=O) groups excluding carboxylic acids is 1. The summed E-state index contributed by atoms with van der Waals surface area (Å²) >= 11 is 0. The molecule has 1 atom stereocenters. The summed E-state index contributed by atoms with van der Waals surface area (Å²) in [5, 5.41) is 9.04. The Morgan fingerprint density at radius 1 is 1.19 bits per heavy atom. The molecule has 0 radical (unpaired) electrons. The molecule has 0 spiro atoms. The number of carbonyl (C=O) groups is 2. The largest absolute Gasteiger partial charge is 0.480 e. The van der Waals surface area contributed by atoms with Gasteiger partial charge in [0.15, 0.2) is 0 Å². The molecule has 26 heavy (non-hydrogen) atoms. The molecule has 1 aromatic rings. The number of piperidine rings is 1. The van der Waals surface area contributed by atoms with Gasteiger partial charge in [0.25, 0.3) is 0 Å². The van der Waals surface area contributed by atoms with Gasteiger partial charge in [-0.1, -0.05) is 31.2 Å². The summed E-state index contributed by atoms with van der Waals surface area (Å²) in [6.45, 7) is 4.32. The molecule has 1 N–H and O–H groups in total. The van der Waals surface area contributed by atoms with E-state index in [0.717, 1.165) is 51.7 Å². The molecule has 2 aliphatic rings. The summed E-state index contributed by atoms with van der Waals surface area (Å²) < 4.78 is 0. The Kier molecular flexibility index (Phi) is 6.30. The smallest absolute Gasteiger partial charge is 0.317 e. The number of amides is 1. The molecule has 1 unspecified atom stereocenters. The van der Waals surface area contributed by atoms with Crippen molar-refractivity contribution >= 4 is 11.9 Å². The van der Waals surface area contributed by atoms with E-state index in [2.05, 4.69) is 24.3 Å². The van der Waals surface area contributed by atoms with Crippen LogP contribution in [0.4, 0.5) is 0 Å². The summed E-state index contributed by atoms with van der Waals surface area (Å²) in [6.07, 6.45) is 5.73. The molecular weight excluding hydrogens is 328 g/mol. The van der Waals surface area contributed by atoms with E-state index < -0.39 is 5.97 Å². The first kappa shape index (κ1) is 18.9. The van der Waals surface area contributed by atoms with E-state index in [0.29, 0.717) is 12.3 Å². The van der Waals surface area contributed by atoms with Crippen molar-refractivity contribution in [3.63, 3.8) is 0 Å². The van der Waals surface area contributed by atoms with Crippen LogP contribution in [0.1, 0.15) is 56.1 Å². The highest BCUT2D eigenvalue weighted by atomic mass is 16.4. The van der Waals surface area contributed by atoms with Crippen molar-refractivity contribution < 1.29 is 14.7 Å². The Labute approximate surface area is 156 Å². The van der Waals surface area contributed by atoms with E-state index >= 15 is 0 Å². The predicted molar refractivity (Wildman–Crippen MR) is 101 cm³/mol. The summed E-state index contributed by atoms with van der Waals surface area (Å²) in [5.74, 6) is -0.169. The van der Waals surface area contributed by atoms with Gasteiger partial charge >= 0.3 is 5.97 Å². The van der Waals surface area contributed by atoms with Crippen LogP contribution in [0.15, 0.2) is 24.3 Å². The molecule has 3 rings (SSSR count). The zero-order chi connectivity index (χ0) is 18.5. The van der Waals surface area contributed by atoms with Crippen molar-refractivity contribution in [2.24, 2.45) is 0 Å². The van der Waals surface area contributed by atoms with E-state index in [1.54, 1.807) is 0 Å². The zero-order valence-corrected chi connectivity index (χ0v) is 15.7. The number of hydrogen-bond donors (Lipinski definition) is 1. The van der Waals surface area contributed by atoms with Gasteiger partial charge < -0.3 is 10.0 Å². The first-order valence-electron chi connectivity index (χ1n) is 9.90. The van der Waals surface area contributed by atoms with Crippen molar-refractivity contribution in [2.75, 3.05) is 26.2 Å². The van der Waals surface area contributed by atoms with Crippen LogP contribution in [0, 0.1) is 0 Å². The Balaban J connectivity index is 1.54. The van der Waals surface area contributed by atoms with Crippen molar-refractivity contribution in [1.82, 2.24) is 9.80 Å². The molecule has 1 fully saturated rings. The minimum Gasteiger partial charge on any atom is -0.480 e. The second-order valence-electron chi connectivity index (χ2n) is 7.56. The van der Waals surface area contributed by atoms with Gasteiger partial charge in [0, 0.05) is 25.6 Å². The number of fused-ring (bicyclic) bond motifs is 1. The molecule has 1 amide bonds. The predicted octanol–water partition coefficient (Wildman–Crippen LogP) is 2.89. The molecule has 1 aliphatic carbocycles. The molecular formula is C21H30N2O3. The number of hydrogen-bond acceptors (Lipinski definition) is 3. The van der Waals surface area contributed by atoms with E-state index in [4.69, 9.17) is 5.11 Å². The lowest BCUT2D eigenvalue weighted by Crippen LogP contribution is -2.48. The summed E-state index contributed by atoms with van der Waals surface area (Å²) in [4.78, 5) is 27.8. The van der Waals surface area contributed by atoms with Crippen molar-refractivity contribution in [3.05, 3.63) is 35.4 Å². The third kappa shape index (κ3) is 4.44. The van der Waals surface area contributed by atoms with Crippen LogP contribution in [0.25, 0.3) is 0 Å². The highest BCUT2D eigenvalue weighted by Gasteiger charge is 2.29. The number of nitrogens with zero attached hydrogens (tertiary/aromatic N) is 2. The maximum absolute atomic E-state index is 12.8. The van der Waals surface area contributed by atoms with Crippen LogP contribution < -0.4 is 0 Å². The maximum Gasteiger partial charge on any atom is 0.317 e. The monoisotopic (exact) mass is 358 g/mol. The summed E-state index contributed by atoms with van der Waals surface area (Å²) in [6, 6.07) is 8.82. The van der Waals surface area contributed by atoms with Gasteiger partial charge in [0.2, 0.25) is 5.91 Å². The van der Waals surface area contributed by atoms with Crippen molar-refractivity contribution in [1.29, 1.82) is 0 Å². The minimum atomic E-state index is -0.777. The molecule has 142 valence electrons. The Bertz CT molecular complexity index is 638. The van der Waals surface area contributed by atoms with Gasteiger partial charge in [0.1, 0.15) is 0 Å². The fourth-order valence-electron chi connectivity index (χ4n) is 4.56. The number of likely N-dealkylation sites (tertiary alicyclic amines) is 1. The van der Waals surface area contributed by atoms with Gasteiger partial charge in [-0.3, -0.25) is 14.5 Å². The fourth-order valence-corrected chi connectivity index (χ4v) is 4.56. The van der Waals surface area contributed by atoms with Gasteiger partial charge in [-0.2, -0.15) is 0 Å². The molecule has 1 heterocycles. The van der Waals surface area contributed by atoms with E-state index in [1.165, 1.54) is 11.1 Å². The fraction of sp³-hybridized carbons (Fsp3) is 0.619. The number of carboxylic acids is 1. The third-order valence-corrected chi connectivity index (χ3v) is 5.99. The number of likely N-dealkylation sites (N-methyl/N-ethyl adjacent to an activating group) is 1. The molecule has 1 aromatic carbocycles. The normalized spacial score (nSPS) is 20.8. The van der Waals surface area contributed by atoms with Crippen LogP contribution in [-0.2, 0) is 16.0 Å². The lowest BCUT2D eigenvalue weighted by molar-refractivity contribution is -0.140. The SMILES string of the molecule is CCN(CC(=O)O)C1CCN(C(=O)CC2CCCc3ccccc32)CC1.